The molecular formula is C19H24N4O2S. The predicted octanol–water partition coefficient (Wildman–Crippen LogP) is 1.69. The third-order valence-corrected chi connectivity index (χ3v) is 6.98. The Balaban J connectivity index is 1.35. The van der Waals surface area contributed by atoms with Gasteiger partial charge in [0.25, 0.3) is 5.91 Å². The average molecular weight is 372 g/mol. The van der Waals surface area contributed by atoms with Crippen molar-refractivity contribution in [1.29, 1.82) is 0 Å². The summed E-state index contributed by atoms with van der Waals surface area (Å²) in [5.41, 5.74) is 1.65. The normalized spacial score (nSPS) is 30.9. The molecule has 0 unspecified atom stereocenters. The Bertz CT molecular complexity index is 830. The first-order valence-corrected chi connectivity index (χ1v) is 10.3. The Hall–Kier alpha value is -1.70. The molecule has 4 aliphatic heterocycles. The number of aromatic nitrogens is 1. The van der Waals surface area contributed by atoms with Crippen LogP contribution < -0.4 is 10.2 Å². The van der Waals surface area contributed by atoms with Crippen LogP contribution in [0.5, 0.6) is 0 Å². The van der Waals surface area contributed by atoms with E-state index in [1.165, 1.54) is 37.5 Å². The molecule has 0 spiro atoms. The van der Waals surface area contributed by atoms with Crippen molar-refractivity contribution in [2.24, 2.45) is 5.92 Å². The number of fused-ring (bicyclic) bond motifs is 4. The quantitative estimate of drug-likeness (QED) is 0.858. The van der Waals surface area contributed by atoms with Crippen LogP contribution in [0.15, 0.2) is 18.2 Å². The smallest absolute Gasteiger partial charge is 0.271 e. The fourth-order valence-electron chi connectivity index (χ4n) is 4.63. The zero-order chi connectivity index (χ0) is 17.7. The van der Waals surface area contributed by atoms with Crippen LogP contribution in [0.1, 0.15) is 29.8 Å². The summed E-state index contributed by atoms with van der Waals surface area (Å²) in [5.74, 6) is 0.571. The van der Waals surface area contributed by atoms with E-state index in [0.29, 0.717) is 18.2 Å². The van der Waals surface area contributed by atoms with Gasteiger partial charge in [-0.1, -0.05) is 0 Å². The van der Waals surface area contributed by atoms with Crippen LogP contribution in [-0.4, -0.2) is 65.2 Å². The van der Waals surface area contributed by atoms with Crippen molar-refractivity contribution < 1.29 is 9.90 Å². The van der Waals surface area contributed by atoms with Crippen LogP contribution >= 0.6 is 11.5 Å². The molecule has 0 aliphatic carbocycles. The summed E-state index contributed by atoms with van der Waals surface area (Å²) < 4.78 is 5.48. The predicted molar refractivity (Wildman–Crippen MR) is 103 cm³/mol. The summed E-state index contributed by atoms with van der Waals surface area (Å²) >= 11 is 1.38. The maximum Gasteiger partial charge on any atom is 0.271 e. The van der Waals surface area contributed by atoms with Crippen molar-refractivity contribution in [2.75, 3.05) is 37.6 Å². The molecule has 1 aromatic carbocycles. The van der Waals surface area contributed by atoms with Gasteiger partial charge in [0.15, 0.2) is 0 Å². The van der Waals surface area contributed by atoms with Crippen molar-refractivity contribution in [1.82, 2.24) is 14.6 Å². The maximum atomic E-state index is 12.8. The van der Waals surface area contributed by atoms with Crippen LogP contribution in [0, 0.1) is 5.92 Å². The molecule has 138 valence electrons. The number of β-amino-alcohol motifs (C(OH)–C–C–N with tert-alkyl or cyclic N) is 1. The second-order valence-electron chi connectivity index (χ2n) is 7.82. The van der Waals surface area contributed by atoms with Gasteiger partial charge >= 0.3 is 0 Å². The van der Waals surface area contributed by atoms with Gasteiger partial charge in [-0.2, -0.15) is 4.37 Å². The minimum Gasteiger partial charge on any atom is -0.391 e. The van der Waals surface area contributed by atoms with E-state index >= 15 is 0 Å². The van der Waals surface area contributed by atoms with E-state index < -0.39 is 0 Å². The summed E-state index contributed by atoms with van der Waals surface area (Å²) in [5, 5.41) is 13.9. The molecule has 2 atom stereocenters. The molecule has 4 fully saturated rings. The van der Waals surface area contributed by atoms with Gasteiger partial charge in [0.05, 0.1) is 10.8 Å². The first kappa shape index (κ1) is 16.5. The highest BCUT2D eigenvalue weighted by Crippen LogP contribution is 2.31. The van der Waals surface area contributed by atoms with Gasteiger partial charge in [0.2, 0.25) is 0 Å². The molecule has 7 heteroatoms. The highest BCUT2D eigenvalue weighted by molar-refractivity contribution is 7.13. The molecule has 1 aromatic heterocycles. The topological polar surface area (TPSA) is 68.7 Å². The lowest BCUT2D eigenvalue weighted by atomic mass is 9.84. The summed E-state index contributed by atoms with van der Waals surface area (Å²) in [6.45, 7) is 4.87. The zero-order valence-corrected chi connectivity index (χ0v) is 15.5. The number of amides is 1. The molecule has 0 radical (unpaired) electrons. The van der Waals surface area contributed by atoms with Crippen molar-refractivity contribution >= 4 is 33.2 Å². The molecule has 2 N–H and O–H groups in total. The van der Waals surface area contributed by atoms with Crippen LogP contribution in [-0.2, 0) is 0 Å². The zero-order valence-electron chi connectivity index (χ0n) is 14.7. The van der Waals surface area contributed by atoms with E-state index in [1.807, 2.05) is 12.1 Å². The van der Waals surface area contributed by atoms with Gasteiger partial charge in [0.1, 0.15) is 5.69 Å². The number of carbonyl (C=O) groups excluding carboxylic acids is 1. The van der Waals surface area contributed by atoms with E-state index in [9.17, 15) is 9.90 Å². The second-order valence-corrected chi connectivity index (χ2v) is 8.62. The number of rotatable bonds is 3. The number of hydrogen-bond acceptors (Lipinski definition) is 6. The molecular weight excluding hydrogens is 348 g/mol. The Morgan fingerprint density at radius 1 is 1.19 bits per heavy atom. The van der Waals surface area contributed by atoms with Crippen molar-refractivity contribution in [3.8, 4) is 0 Å². The highest BCUT2D eigenvalue weighted by atomic mass is 32.1. The number of benzene rings is 1. The largest absolute Gasteiger partial charge is 0.391 e. The molecule has 6 rings (SSSR count). The molecule has 26 heavy (non-hydrogen) atoms. The molecule has 6 nitrogen and oxygen atoms in total. The molecule has 1 amide bonds. The minimum absolute atomic E-state index is 0.0423. The Labute approximate surface area is 157 Å². The van der Waals surface area contributed by atoms with E-state index in [0.717, 1.165) is 35.3 Å². The number of carbonyl (C=O) groups is 1. The van der Waals surface area contributed by atoms with E-state index in [2.05, 4.69) is 25.6 Å². The van der Waals surface area contributed by atoms with E-state index in [4.69, 9.17) is 0 Å². The van der Waals surface area contributed by atoms with Gasteiger partial charge in [0, 0.05) is 36.7 Å². The summed E-state index contributed by atoms with van der Waals surface area (Å²) in [6.07, 6.45) is 2.95. The third-order valence-electron chi connectivity index (χ3n) is 6.17. The van der Waals surface area contributed by atoms with Crippen LogP contribution in [0.2, 0.25) is 0 Å². The fraction of sp³-hybridized carbons (Fsp3) is 0.579. The number of aliphatic hydroxyl groups is 1. The van der Waals surface area contributed by atoms with Crippen molar-refractivity contribution in [2.45, 2.75) is 31.4 Å². The summed E-state index contributed by atoms with van der Waals surface area (Å²) in [7, 11) is 0. The number of anilines is 1. The number of aliphatic hydroxyl groups excluding tert-OH is 1. The maximum absolute atomic E-state index is 12.8. The first-order valence-electron chi connectivity index (χ1n) is 9.53. The minimum atomic E-state index is -0.241. The molecule has 4 saturated heterocycles. The lowest BCUT2D eigenvalue weighted by Crippen LogP contribution is -2.57. The van der Waals surface area contributed by atoms with Crippen LogP contribution in [0.4, 0.5) is 5.69 Å². The van der Waals surface area contributed by atoms with Gasteiger partial charge in [-0.3, -0.25) is 4.79 Å². The third kappa shape index (κ3) is 2.88. The Morgan fingerprint density at radius 2 is 2.04 bits per heavy atom. The number of hydrogen-bond donors (Lipinski definition) is 2. The number of piperidine rings is 3. The Morgan fingerprint density at radius 3 is 2.73 bits per heavy atom. The van der Waals surface area contributed by atoms with Crippen molar-refractivity contribution in [3.05, 3.63) is 23.9 Å². The summed E-state index contributed by atoms with van der Waals surface area (Å²) in [6, 6.07) is 6.40. The molecule has 0 saturated carbocycles. The lowest BCUT2D eigenvalue weighted by Gasteiger charge is -2.44. The highest BCUT2D eigenvalue weighted by Gasteiger charge is 2.35. The molecule has 2 bridgehead atoms. The van der Waals surface area contributed by atoms with Crippen molar-refractivity contribution in [3.63, 3.8) is 0 Å². The second kappa shape index (κ2) is 6.48. The summed E-state index contributed by atoms with van der Waals surface area (Å²) in [4.78, 5) is 17.5. The van der Waals surface area contributed by atoms with Gasteiger partial charge in [-0.05, 0) is 68.0 Å². The Kier molecular flexibility index (Phi) is 4.10. The monoisotopic (exact) mass is 372 g/mol. The van der Waals surface area contributed by atoms with Gasteiger partial charge in [-0.25, -0.2) is 0 Å². The lowest BCUT2D eigenvalue weighted by molar-refractivity contribution is 0.0619. The SMILES string of the molecule is O=C(N[C@@H]1CN2CCC1CC2)c1nsc2cc(N3CC[C@@H](O)C3)ccc12. The van der Waals surface area contributed by atoms with E-state index in [1.54, 1.807) is 0 Å². The van der Waals surface area contributed by atoms with Crippen LogP contribution in [0.25, 0.3) is 10.1 Å². The van der Waals surface area contributed by atoms with E-state index in [-0.39, 0.29) is 18.1 Å². The van der Waals surface area contributed by atoms with Gasteiger partial charge in [-0.15, -0.1) is 0 Å². The number of nitrogens with one attached hydrogen (secondary N) is 1. The molecule has 5 heterocycles. The molecule has 4 aliphatic rings. The first-order chi connectivity index (χ1) is 12.7. The number of nitrogens with zero attached hydrogens (tertiary/aromatic N) is 3. The average Bonchev–Trinajstić information content (AvgIpc) is 3.28. The fourth-order valence-corrected chi connectivity index (χ4v) is 5.44. The van der Waals surface area contributed by atoms with Gasteiger partial charge < -0.3 is 20.2 Å². The molecule has 2 aromatic rings. The van der Waals surface area contributed by atoms with Crippen LogP contribution in [0.3, 0.4) is 0 Å². The standard InChI is InChI=1S/C19H24N4O2S/c24-14-5-8-23(10-14)13-1-2-15-17(9-13)26-21-18(15)19(25)20-16-11-22-6-3-12(16)4-7-22/h1-2,9,12,14,16,24H,3-8,10-11H2,(H,20,25)/t14-,16-/m1/s1.